The zero-order valence-electron chi connectivity index (χ0n) is 12.4. The topological polar surface area (TPSA) is 90.2 Å². The number of aryl methyl sites for hydroxylation is 1. The normalized spacial score (nSPS) is 10.5. The predicted octanol–water partition coefficient (Wildman–Crippen LogP) is 3.29. The number of benzene rings is 2. The van der Waals surface area contributed by atoms with Gasteiger partial charge in [0.25, 0.3) is 0 Å². The first-order chi connectivity index (χ1) is 11.1. The molecule has 0 unspecified atom stereocenters. The molecule has 0 bridgehead atoms. The fourth-order valence-electron chi connectivity index (χ4n) is 2.15. The molecule has 23 heavy (non-hydrogen) atoms. The average Bonchev–Trinajstić information content (AvgIpc) is 2.55. The summed E-state index contributed by atoms with van der Waals surface area (Å²) in [6, 6.07) is 12.9. The van der Waals surface area contributed by atoms with Crippen LogP contribution in [0, 0.1) is 17.0 Å². The van der Waals surface area contributed by atoms with Crippen molar-refractivity contribution in [2.45, 2.75) is 6.92 Å². The number of rotatable bonds is 5. The monoisotopic (exact) mass is 310 g/mol. The molecule has 7 nitrogen and oxygen atoms in total. The molecule has 0 atom stereocenters. The second-order valence-corrected chi connectivity index (χ2v) is 4.96. The van der Waals surface area contributed by atoms with Crippen LogP contribution in [-0.2, 0) is 0 Å². The van der Waals surface area contributed by atoms with E-state index in [1.165, 1.54) is 0 Å². The summed E-state index contributed by atoms with van der Waals surface area (Å²) < 4.78 is 5.05. The first kappa shape index (κ1) is 14.7. The molecule has 2 aromatic carbocycles. The van der Waals surface area contributed by atoms with Gasteiger partial charge in [0, 0.05) is 17.3 Å². The Morgan fingerprint density at radius 2 is 2.09 bits per heavy atom. The molecule has 0 fully saturated rings. The van der Waals surface area contributed by atoms with Gasteiger partial charge in [-0.2, -0.15) is 0 Å². The highest BCUT2D eigenvalue weighted by atomic mass is 16.7. The van der Waals surface area contributed by atoms with Gasteiger partial charge in [0.15, 0.2) is 0 Å². The number of hydrogen-bond donors (Lipinski definition) is 1. The van der Waals surface area contributed by atoms with Crippen LogP contribution >= 0.6 is 0 Å². The van der Waals surface area contributed by atoms with Gasteiger partial charge in [-0.15, -0.1) is 0 Å². The van der Waals surface area contributed by atoms with Crippen molar-refractivity contribution in [3.8, 4) is 5.75 Å². The van der Waals surface area contributed by atoms with Gasteiger partial charge in [-0.1, -0.05) is 18.2 Å². The number of fused-ring (bicyclic) bond motifs is 1. The molecule has 0 radical (unpaired) electrons. The Kier molecular flexibility index (Phi) is 4.01. The minimum absolute atomic E-state index is 0.448. The molecular weight excluding hydrogens is 296 g/mol. The van der Waals surface area contributed by atoms with E-state index in [1.54, 1.807) is 24.4 Å². The molecule has 0 amide bonds. The van der Waals surface area contributed by atoms with Crippen LogP contribution in [0.25, 0.3) is 10.9 Å². The van der Waals surface area contributed by atoms with Crippen molar-refractivity contribution >= 4 is 22.5 Å². The number of ether oxygens (including phenoxy) is 1. The third-order valence-corrected chi connectivity index (χ3v) is 3.27. The number of hydrogen-bond acceptors (Lipinski definition) is 6. The molecule has 0 aliphatic carbocycles. The third kappa shape index (κ3) is 3.52. The van der Waals surface area contributed by atoms with Crippen molar-refractivity contribution in [2.24, 2.45) is 0 Å². The Labute approximate surface area is 132 Å². The maximum Gasteiger partial charge on any atom is 0.344 e. The van der Waals surface area contributed by atoms with Crippen molar-refractivity contribution in [1.29, 1.82) is 0 Å². The van der Waals surface area contributed by atoms with Gasteiger partial charge in [0.1, 0.15) is 5.75 Å². The van der Waals surface area contributed by atoms with E-state index in [2.05, 4.69) is 15.3 Å². The molecule has 0 saturated heterocycles. The Morgan fingerprint density at radius 3 is 2.87 bits per heavy atom. The lowest BCUT2D eigenvalue weighted by Crippen LogP contribution is -2.08. The lowest BCUT2D eigenvalue weighted by Gasteiger charge is -2.10. The minimum Gasteiger partial charge on any atom is -0.432 e. The number of anilines is 2. The van der Waals surface area contributed by atoms with Crippen LogP contribution < -0.4 is 10.1 Å². The SMILES string of the molecule is Cc1cc(OC[N+](=O)[O-])ccc1Nc1ncc2ccccc2n1. The lowest BCUT2D eigenvalue weighted by atomic mass is 10.2. The molecule has 1 aromatic heterocycles. The van der Waals surface area contributed by atoms with Gasteiger partial charge in [-0.3, -0.25) is 10.1 Å². The highest BCUT2D eigenvalue weighted by molar-refractivity contribution is 5.79. The summed E-state index contributed by atoms with van der Waals surface area (Å²) in [4.78, 5) is 18.5. The predicted molar refractivity (Wildman–Crippen MR) is 86.5 cm³/mol. The van der Waals surface area contributed by atoms with Crippen molar-refractivity contribution in [3.05, 3.63) is 64.3 Å². The molecule has 1 N–H and O–H groups in total. The van der Waals surface area contributed by atoms with Crippen LogP contribution in [0.3, 0.4) is 0 Å². The number of nitrogens with zero attached hydrogens (tertiary/aromatic N) is 3. The second kappa shape index (κ2) is 6.27. The summed E-state index contributed by atoms with van der Waals surface area (Å²) in [5, 5.41) is 14.4. The lowest BCUT2D eigenvalue weighted by molar-refractivity contribution is -0.514. The van der Waals surface area contributed by atoms with E-state index in [9.17, 15) is 10.1 Å². The van der Waals surface area contributed by atoms with Crippen LogP contribution in [-0.4, -0.2) is 21.6 Å². The highest BCUT2D eigenvalue weighted by Gasteiger charge is 2.06. The van der Waals surface area contributed by atoms with E-state index in [0.29, 0.717) is 11.7 Å². The van der Waals surface area contributed by atoms with Gasteiger partial charge >= 0.3 is 6.73 Å². The molecule has 0 spiro atoms. The summed E-state index contributed by atoms with van der Waals surface area (Å²) >= 11 is 0. The summed E-state index contributed by atoms with van der Waals surface area (Å²) in [6.45, 7) is 1.32. The van der Waals surface area contributed by atoms with Gasteiger partial charge in [-0.25, -0.2) is 9.97 Å². The van der Waals surface area contributed by atoms with Crippen molar-refractivity contribution in [1.82, 2.24) is 9.97 Å². The molecule has 3 aromatic rings. The number of aromatic nitrogens is 2. The molecule has 0 saturated carbocycles. The first-order valence-corrected chi connectivity index (χ1v) is 6.96. The zero-order valence-corrected chi connectivity index (χ0v) is 12.4. The average molecular weight is 310 g/mol. The fourth-order valence-corrected chi connectivity index (χ4v) is 2.15. The number of nitro groups is 1. The van der Waals surface area contributed by atoms with Crippen LogP contribution in [0.15, 0.2) is 48.7 Å². The van der Waals surface area contributed by atoms with E-state index in [-0.39, 0.29) is 0 Å². The minimum atomic E-state index is -0.556. The Balaban J connectivity index is 1.79. The Bertz CT molecular complexity index is 867. The van der Waals surface area contributed by atoms with E-state index in [1.807, 2.05) is 31.2 Å². The molecular formula is C16H14N4O3. The zero-order chi connectivity index (χ0) is 16.2. The summed E-state index contributed by atoms with van der Waals surface area (Å²) in [5.74, 6) is 0.940. The van der Waals surface area contributed by atoms with Crippen LogP contribution in [0.2, 0.25) is 0 Å². The van der Waals surface area contributed by atoms with E-state index in [0.717, 1.165) is 22.2 Å². The van der Waals surface area contributed by atoms with E-state index in [4.69, 9.17) is 4.74 Å². The van der Waals surface area contributed by atoms with Gasteiger partial charge in [-0.05, 0) is 36.8 Å². The van der Waals surface area contributed by atoms with Crippen LogP contribution in [0.4, 0.5) is 11.6 Å². The largest absolute Gasteiger partial charge is 0.432 e. The molecule has 0 aliphatic heterocycles. The molecule has 0 aliphatic rings. The van der Waals surface area contributed by atoms with Crippen molar-refractivity contribution in [2.75, 3.05) is 12.0 Å². The van der Waals surface area contributed by atoms with E-state index < -0.39 is 11.7 Å². The van der Waals surface area contributed by atoms with Crippen LogP contribution in [0.1, 0.15) is 5.56 Å². The standard InChI is InChI=1S/C16H14N4O3/c1-11-8-13(23-10-20(21)22)6-7-14(11)18-16-17-9-12-4-2-3-5-15(12)19-16/h2-9H,10H2,1H3,(H,17,18,19). The first-order valence-electron chi connectivity index (χ1n) is 6.96. The Hall–Kier alpha value is -3.22. The fraction of sp³-hybridized carbons (Fsp3) is 0.125. The quantitative estimate of drug-likeness (QED) is 0.442. The molecule has 1 heterocycles. The highest BCUT2D eigenvalue weighted by Crippen LogP contribution is 2.24. The van der Waals surface area contributed by atoms with E-state index >= 15 is 0 Å². The number of nitrogens with one attached hydrogen (secondary N) is 1. The molecule has 3 rings (SSSR count). The van der Waals surface area contributed by atoms with Gasteiger partial charge < -0.3 is 10.1 Å². The van der Waals surface area contributed by atoms with Gasteiger partial charge in [0.2, 0.25) is 5.95 Å². The maximum absolute atomic E-state index is 10.3. The summed E-state index contributed by atoms with van der Waals surface area (Å²) in [5.41, 5.74) is 2.55. The summed E-state index contributed by atoms with van der Waals surface area (Å²) in [6.07, 6.45) is 1.76. The second-order valence-electron chi connectivity index (χ2n) is 4.96. The summed E-state index contributed by atoms with van der Waals surface area (Å²) in [7, 11) is 0. The number of para-hydroxylation sites is 1. The van der Waals surface area contributed by atoms with Crippen LogP contribution in [0.5, 0.6) is 5.75 Å². The smallest absolute Gasteiger partial charge is 0.344 e. The maximum atomic E-state index is 10.3. The molecule has 116 valence electrons. The van der Waals surface area contributed by atoms with Crippen molar-refractivity contribution in [3.63, 3.8) is 0 Å². The van der Waals surface area contributed by atoms with Gasteiger partial charge in [0.05, 0.1) is 10.4 Å². The van der Waals surface area contributed by atoms with Crippen molar-refractivity contribution < 1.29 is 9.66 Å². The Morgan fingerprint density at radius 1 is 1.26 bits per heavy atom. The third-order valence-electron chi connectivity index (χ3n) is 3.27. The molecule has 7 heteroatoms.